The second-order valence-electron chi connectivity index (χ2n) is 7.05. The third-order valence-electron chi connectivity index (χ3n) is 5.00. The van der Waals surface area contributed by atoms with Crippen LogP contribution in [0.15, 0.2) is 121 Å². The van der Waals surface area contributed by atoms with Gasteiger partial charge in [-0.25, -0.2) is 0 Å². The van der Waals surface area contributed by atoms with E-state index in [2.05, 4.69) is 104 Å². The molecule has 0 aromatic heterocycles. The monoisotopic (exact) mass is 444 g/mol. The van der Waals surface area contributed by atoms with Crippen LogP contribution in [0, 0.1) is 0 Å². The zero-order chi connectivity index (χ0) is 21.1. The molecule has 0 spiro atoms. The van der Waals surface area contributed by atoms with Crippen molar-refractivity contribution in [2.75, 3.05) is 0 Å². The van der Waals surface area contributed by atoms with Crippen LogP contribution >= 0.6 is 0 Å². The number of hydrogen-bond acceptors (Lipinski definition) is 2. The standard InChI is InChI=1S/C13H18O2Si3.C12H10/c1-18(15-17-14-16,12-8-4-2-5-9-12)13-10-6-3-7-11-13;1-3-7-11(8-4-1)12-9-5-2-6-10-12/h2-11H,17H2,1,16H3;1-10H. The maximum absolute atomic E-state index is 6.24. The minimum atomic E-state index is -2.06. The van der Waals surface area contributed by atoms with E-state index in [0.717, 1.165) is 10.5 Å². The molecule has 5 heteroatoms. The molecule has 4 rings (SSSR count). The summed E-state index contributed by atoms with van der Waals surface area (Å²) in [4.78, 5) is 0. The van der Waals surface area contributed by atoms with Crippen LogP contribution in [0.4, 0.5) is 0 Å². The van der Waals surface area contributed by atoms with Gasteiger partial charge in [0.2, 0.25) is 8.32 Å². The average Bonchev–Trinajstić information content (AvgIpc) is 2.85. The summed E-state index contributed by atoms with van der Waals surface area (Å²) in [6.45, 7) is 2.26. The van der Waals surface area contributed by atoms with Crippen LogP contribution in [-0.2, 0) is 8.23 Å². The molecule has 0 aliphatic heterocycles. The Bertz CT molecular complexity index is 905. The topological polar surface area (TPSA) is 18.5 Å². The second-order valence-corrected chi connectivity index (χ2v) is 14.0. The molecule has 0 fully saturated rings. The quantitative estimate of drug-likeness (QED) is 0.426. The van der Waals surface area contributed by atoms with E-state index < -0.39 is 18.3 Å². The molecule has 0 unspecified atom stereocenters. The molecule has 0 saturated heterocycles. The summed E-state index contributed by atoms with van der Waals surface area (Å²) in [5.74, 6) is 0. The highest BCUT2D eigenvalue weighted by atomic mass is 28.4. The normalized spacial score (nSPS) is 11.2. The Balaban J connectivity index is 0.000000184. The Morgan fingerprint density at radius 2 is 0.900 bits per heavy atom. The summed E-state index contributed by atoms with van der Waals surface area (Å²) in [5, 5.41) is 2.62. The molecule has 0 aliphatic rings. The first kappa shape index (κ1) is 22.1. The van der Waals surface area contributed by atoms with Gasteiger partial charge in [0.25, 0.3) is 10.0 Å². The number of hydrogen-bond donors (Lipinski definition) is 0. The van der Waals surface area contributed by atoms with Crippen molar-refractivity contribution in [2.24, 2.45) is 0 Å². The largest absolute Gasteiger partial charge is 0.449 e. The van der Waals surface area contributed by atoms with E-state index in [-0.39, 0.29) is 0 Å². The Kier molecular flexibility index (Phi) is 8.55. The van der Waals surface area contributed by atoms with Gasteiger partial charge in [0.1, 0.15) is 10.5 Å². The van der Waals surface area contributed by atoms with Crippen LogP contribution in [0.3, 0.4) is 0 Å². The zero-order valence-electron chi connectivity index (χ0n) is 17.6. The highest BCUT2D eigenvalue weighted by molar-refractivity contribution is 6.98. The highest BCUT2D eigenvalue weighted by Gasteiger charge is 2.33. The van der Waals surface area contributed by atoms with Crippen molar-refractivity contribution >= 4 is 39.2 Å². The van der Waals surface area contributed by atoms with Gasteiger partial charge in [-0.05, 0) is 28.0 Å². The van der Waals surface area contributed by atoms with Crippen molar-refractivity contribution in [3.8, 4) is 11.1 Å². The minimum absolute atomic E-state index is 0.766. The van der Waals surface area contributed by atoms with Crippen molar-refractivity contribution in [3.63, 3.8) is 0 Å². The Morgan fingerprint density at radius 1 is 0.567 bits per heavy atom. The first-order chi connectivity index (χ1) is 14.7. The van der Waals surface area contributed by atoms with Crippen molar-refractivity contribution in [1.82, 2.24) is 0 Å². The summed E-state index contributed by atoms with van der Waals surface area (Å²) in [6, 6.07) is 41.9. The van der Waals surface area contributed by atoms with Gasteiger partial charge in [0, 0.05) is 0 Å². The highest BCUT2D eigenvalue weighted by Crippen LogP contribution is 2.17. The van der Waals surface area contributed by atoms with Gasteiger partial charge < -0.3 is 8.23 Å². The summed E-state index contributed by atoms with van der Waals surface area (Å²) in [5.41, 5.74) is 2.55. The van der Waals surface area contributed by atoms with E-state index in [1.54, 1.807) is 0 Å². The van der Waals surface area contributed by atoms with Crippen molar-refractivity contribution in [2.45, 2.75) is 6.55 Å². The lowest BCUT2D eigenvalue weighted by Crippen LogP contribution is -2.59. The zero-order valence-corrected chi connectivity index (χ0v) is 22.0. The predicted molar refractivity (Wildman–Crippen MR) is 136 cm³/mol. The maximum atomic E-state index is 6.24. The minimum Gasteiger partial charge on any atom is -0.449 e. The lowest BCUT2D eigenvalue weighted by molar-refractivity contribution is 0.489. The fourth-order valence-corrected chi connectivity index (χ4v) is 9.08. The third-order valence-corrected chi connectivity index (χ3v) is 11.6. The van der Waals surface area contributed by atoms with E-state index in [4.69, 9.17) is 8.23 Å². The van der Waals surface area contributed by atoms with Crippen LogP contribution in [0.5, 0.6) is 0 Å². The Morgan fingerprint density at radius 3 is 1.23 bits per heavy atom. The van der Waals surface area contributed by atoms with Crippen LogP contribution in [0.1, 0.15) is 0 Å². The molecule has 0 saturated carbocycles. The molecule has 2 nitrogen and oxygen atoms in total. The Labute approximate surface area is 186 Å². The van der Waals surface area contributed by atoms with E-state index in [1.165, 1.54) is 21.5 Å². The van der Waals surface area contributed by atoms with Crippen molar-refractivity contribution in [1.29, 1.82) is 0 Å². The lowest BCUT2D eigenvalue weighted by Gasteiger charge is -2.28. The molecule has 4 aromatic carbocycles. The van der Waals surface area contributed by atoms with Gasteiger partial charge in [-0.2, -0.15) is 0 Å². The summed E-state index contributed by atoms with van der Waals surface area (Å²) >= 11 is 0. The molecule has 0 N–H and O–H groups in total. The van der Waals surface area contributed by atoms with Crippen molar-refractivity contribution in [3.05, 3.63) is 121 Å². The molecule has 0 amide bonds. The fraction of sp³-hybridized carbons (Fsp3) is 0.0400. The van der Waals surface area contributed by atoms with E-state index >= 15 is 0 Å². The van der Waals surface area contributed by atoms with Crippen LogP contribution in [0.25, 0.3) is 11.1 Å². The molecule has 0 heterocycles. The van der Waals surface area contributed by atoms with Gasteiger partial charge in [-0.1, -0.05) is 121 Å². The molecular formula is C25H28O2Si3. The summed E-state index contributed by atoms with van der Waals surface area (Å²) in [6.07, 6.45) is 0. The van der Waals surface area contributed by atoms with Gasteiger partial charge in [-0.15, -0.1) is 0 Å². The lowest BCUT2D eigenvalue weighted by atomic mass is 10.1. The first-order valence-electron chi connectivity index (χ1n) is 10.1. The van der Waals surface area contributed by atoms with Crippen LogP contribution in [0.2, 0.25) is 6.55 Å². The molecule has 152 valence electrons. The van der Waals surface area contributed by atoms with Crippen LogP contribution < -0.4 is 10.4 Å². The Hall–Kier alpha value is -2.55. The predicted octanol–water partition coefficient (Wildman–Crippen LogP) is 3.04. The van der Waals surface area contributed by atoms with E-state index in [9.17, 15) is 0 Å². The maximum Gasteiger partial charge on any atom is 0.283 e. The smallest absolute Gasteiger partial charge is 0.283 e. The molecule has 30 heavy (non-hydrogen) atoms. The average molecular weight is 445 g/mol. The van der Waals surface area contributed by atoms with Crippen LogP contribution in [-0.4, -0.2) is 28.8 Å². The molecule has 0 aliphatic carbocycles. The third kappa shape index (κ3) is 5.98. The van der Waals surface area contributed by atoms with Gasteiger partial charge >= 0.3 is 0 Å². The molecule has 0 bridgehead atoms. The first-order valence-corrected chi connectivity index (χ1v) is 14.5. The number of rotatable bonds is 6. The second kappa shape index (κ2) is 11.6. The van der Waals surface area contributed by atoms with Gasteiger partial charge in [-0.3, -0.25) is 0 Å². The molecule has 0 radical (unpaired) electrons. The van der Waals surface area contributed by atoms with E-state index in [0.29, 0.717) is 0 Å². The summed E-state index contributed by atoms with van der Waals surface area (Å²) < 4.78 is 11.6. The molecule has 0 atom stereocenters. The molecular weight excluding hydrogens is 417 g/mol. The van der Waals surface area contributed by atoms with E-state index in [1.807, 2.05) is 24.3 Å². The fourth-order valence-electron chi connectivity index (χ4n) is 3.28. The number of benzene rings is 4. The molecule has 4 aromatic rings. The van der Waals surface area contributed by atoms with Gasteiger partial charge in [0.05, 0.1) is 0 Å². The van der Waals surface area contributed by atoms with Crippen molar-refractivity contribution < 1.29 is 8.23 Å². The van der Waals surface area contributed by atoms with Gasteiger partial charge in [0.15, 0.2) is 0 Å². The SMILES string of the molecule is C[Si](O[SiH2]O[SiH3])(c1ccccc1)c1ccccc1.c1ccc(-c2ccccc2)cc1. The summed E-state index contributed by atoms with van der Waals surface area (Å²) in [7, 11) is -2.14.